The second-order valence-corrected chi connectivity index (χ2v) is 5.41. The first-order valence-electron chi connectivity index (χ1n) is 7.10. The summed E-state index contributed by atoms with van der Waals surface area (Å²) in [4.78, 5) is 2.32. The van der Waals surface area contributed by atoms with Crippen LogP contribution in [0.3, 0.4) is 0 Å². The van der Waals surface area contributed by atoms with Crippen molar-refractivity contribution in [2.45, 2.75) is 78.0 Å². The minimum atomic E-state index is -0.285. The van der Waals surface area contributed by atoms with Crippen LogP contribution in [0.4, 0.5) is 0 Å². The summed E-state index contributed by atoms with van der Waals surface area (Å²) in [5, 5.41) is 9.90. The monoisotopic (exact) mass is 227 g/mol. The fourth-order valence-electron chi connectivity index (χ4n) is 3.03. The van der Waals surface area contributed by atoms with E-state index in [-0.39, 0.29) is 6.23 Å². The molecule has 1 aliphatic carbocycles. The Morgan fingerprint density at radius 3 is 2.38 bits per heavy atom. The molecule has 2 heteroatoms. The molecule has 0 amide bonds. The quantitative estimate of drug-likeness (QED) is 0.744. The lowest BCUT2D eigenvalue weighted by Crippen LogP contribution is -2.46. The maximum atomic E-state index is 9.90. The molecule has 16 heavy (non-hydrogen) atoms. The van der Waals surface area contributed by atoms with E-state index in [0.717, 1.165) is 18.9 Å². The molecule has 0 radical (unpaired) electrons. The fraction of sp³-hybridized carbons (Fsp3) is 1.00. The van der Waals surface area contributed by atoms with Crippen LogP contribution in [0, 0.1) is 5.92 Å². The Morgan fingerprint density at radius 1 is 1.19 bits per heavy atom. The summed E-state index contributed by atoms with van der Waals surface area (Å²) in [7, 11) is 0. The third-order valence-corrected chi connectivity index (χ3v) is 3.95. The zero-order valence-electron chi connectivity index (χ0n) is 11.3. The molecule has 1 rings (SSSR count). The summed E-state index contributed by atoms with van der Waals surface area (Å²) in [5.41, 5.74) is 0. The van der Waals surface area contributed by atoms with Crippen molar-refractivity contribution in [1.82, 2.24) is 4.90 Å². The summed E-state index contributed by atoms with van der Waals surface area (Å²) in [5.74, 6) is 0.737. The highest BCUT2D eigenvalue weighted by atomic mass is 16.3. The van der Waals surface area contributed by atoms with Crippen LogP contribution >= 0.6 is 0 Å². The maximum Gasteiger partial charge on any atom is 0.104 e. The second kappa shape index (κ2) is 7.29. The molecule has 1 aliphatic rings. The number of aliphatic hydroxyl groups excluding tert-OH is 1. The number of nitrogens with zero attached hydrogens (tertiary/aromatic N) is 1. The molecular formula is C14H29NO. The molecule has 0 aromatic carbocycles. The van der Waals surface area contributed by atoms with Gasteiger partial charge in [0.25, 0.3) is 0 Å². The molecule has 1 fully saturated rings. The number of aliphatic hydroxyl groups is 1. The first-order chi connectivity index (χ1) is 7.66. The Balaban J connectivity index is 2.62. The lowest BCUT2D eigenvalue weighted by Gasteiger charge is -2.38. The van der Waals surface area contributed by atoms with Crippen LogP contribution in [0.5, 0.6) is 0 Å². The molecule has 96 valence electrons. The summed E-state index contributed by atoms with van der Waals surface area (Å²) < 4.78 is 0. The average molecular weight is 227 g/mol. The van der Waals surface area contributed by atoms with E-state index in [2.05, 4.69) is 18.7 Å². The topological polar surface area (TPSA) is 23.5 Å². The third kappa shape index (κ3) is 4.06. The molecule has 3 atom stereocenters. The van der Waals surface area contributed by atoms with E-state index in [4.69, 9.17) is 0 Å². The standard InChI is InChI=1S/C14H29NO/c1-4-11-15(13(3)16)14-10-8-6-5-7-9-12(14)2/h12-14,16H,4-11H2,1-3H3. The van der Waals surface area contributed by atoms with Gasteiger partial charge in [0.15, 0.2) is 0 Å². The Bertz CT molecular complexity index is 182. The van der Waals surface area contributed by atoms with Crippen LogP contribution in [0.1, 0.15) is 65.7 Å². The summed E-state index contributed by atoms with van der Waals surface area (Å²) in [6.45, 7) is 7.51. The normalized spacial score (nSPS) is 29.8. The number of hydrogen-bond acceptors (Lipinski definition) is 2. The van der Waals surface area contributed by atoms with Crippen molar-refractivity contribution in [3.63, 3.8) is 0 Å². The van der Waals surface area contributed by atoms with Crippen molar-refractivity contribution >= 4 is 0 Å². The Morgan fingerprint density at radius 2 is 1.81 bits per heavy atom. The van der Waals surface area contributed by atoms with Gasteiger partial charge in [-0.2, -0.15) is 0 Å². The molecule has 1 N–H and O–H groups in total. The van der Waals surface area contributed by atoms with Gasteiger partial charge in [-0.25, -0.2) is 0 Å². The van der Waals surface area contributed by atoms with Gasteiger partial charge in [-0.3, -0.25) is 4.90 Å². The summed E-state index contributed by atoms with van der Waals surface area (Å²) in [6, 6.07) is 0.597. The van der Waals surface area contributed by atoms with Crippen molar-refractivity contribution in [2.24, 2.45) is 5.92 Å². The SMILES string of the molecule is CCCN(C(C)O)C1CCCCCCC1C. The molecule has 0 heterocycles. The molecule has 1 saturated carbocycles. The Kier molecular flexibility index (Phi) is 6.37. The van der Waals surface area contributed by atoms with Crippen molar-refractivity contribution < 1.29 is 5.11 Å². The summed E-state index contributed by atoms with van der Waals surface area (Å²) in [6.07, 6.45) is 8.94. The smallest absolute Gasteiger partial charge is 0.104 e. The zero-order chi connectivity index (χ0) is 12.0. The predicted molar refractivity (Wildman–Crippen MR) is 69.3 cm³/mol. The van der Waals surface area contributed by atoms with E-state index in [1.165, 1.54) is 38.5 Å². The Labute approximate surface area is 101 Å². The van der Waals surface area contributed by atoms with Crippen LogP contribution in [-0.4, -0.2) is 28.8 Å². The number of hydrogen-bond donors (Lipinski definition) is 1. The molecule has 0 spiro atoms. The lowest BCUT2D eigenvalue weighted by atomic mass is 9.87. The van der Waals surface area contributed by atoms with Crippen molar-refractivity contribution in [1.29, 1.82) is 0 Å². The van der Waals surface area contributed by atoms with Gasteiger partial charge >= 0.3 is 0 Å². The molecule has 0 aliphatic heterocycles. The Hall–Kier alpha value is -0.0800. The zero-order valence-corrected chi connectivity index (χ0v) is 11.3. The summed E-state index contributed by atoms with van der Waals surface area (Å²) >= 11 is 0. The van der Waals surface area contributed by atoms with Gasteiger partial charge in [-0.15, -0.1) is 0 Å². The highest BCUT2D eigenvalue weighted by Crippen LogP contribution is 2.27. The van der Waals surface area contributed by atoms with E-state index in [1.807, 2.05) is 6.92 Å². The van der Waals surface area contributed by atoms with Gasteiger partial charge in [-0.1, -0.05) is 39.5 Å². The van der Waals surface area contributed by atoms with Crippen molar-refractivity contribution in [3.8, 4) is 0 Å². The van der Waals surface area contributed by atoms with Gasteiger partial charge in [0.05, 0.1) is 0 Å². The number of rotatable bonds is 4. The molecule has 2 nitrogen and oxygen atoms in total. The predicted octanol–water partition coefficient (Wildman–Crippen LogP) is 3.40. The average Bonchev–Trinajstić information content (AvgIpc) is 2.22. The van der Waals surface area contributed by atoms with Gasteiger partial charge in [0.2, 0.25) is 0 Å². The van der Waals surface area contributed by atoms with Gasteiger partial charge in [0.1, 0.15) is 6.23 Å². The second-order valence-electron chi connectivity index (χ2n) is 5.41. The molecule has 0 aromatic heterocycles. The lowest BCUT2D eigenvalue weighted by molar-refractivity contribution is -0.0328. The van der Waals surface area contributed by atoms with Crippen LogP contribution in [0.2, 0.25) is 0 Å². The van der Waals surface area contributed by atoms with Crippen LogP contribution < -0.4 is 0 Å². The molecule has 0 aromatic rings. The molecule has 0 bridgehead atoms. The van der Waals surface area contributed by atoms with Crippen molar-refractivity contribution in [2.75, 3.05) is 6.54 Å². The molecular weight excluding hydrogens is 198 g/mol. The minimum absolute atomic E-state index is 0.285. The van der Waals surface area contributed by atoms with Gasteiger partial charge < -0.3 is 5.11 Å². The fourth-order valence-corrected chi connectivity index (χ4v) is 3.03. The van der Waals surface area contributed by atoms with Crippen molar-refractivity contribution in [3.05, 3.63) is 0 Å². The molecule has 0 saturated heterocycles. The minimum Gasteiger partial charge on any atom is -0.379 e. The third-order valence-electron chi connectivity index (χ3n) is 3.95. The van der Waals surface area contributed by atoms with Crippen LogP contribution in [0.15, 0.2) is 0 Å². The first kappa shape index (κ1) is 14.0. The largest absolute Gasteiger partial charge is 0.379 e. The van der Waals surface area contributed by atoms with E-state index < -0.39 is 0 Å². The molecule has 3 unspecified atom stereocenters. The van der Waals surface area contributed by atoms with E-state index in [0.29, 0.717) is 6.04 Å². The maximum absolute atomic E-state index is 9.90. The first-order valence-corrected chi connectivity index (χ1v) is 7.10. The van der Waals surface area contributed by atoms with E-state index >= 15 is 0 Å². The van der Waals surface area contributed by atoms with Crippen LogP contribution in [0.25, 0.3) is 0 Å². The van der Waals surface area contributed by atoms with Crippen LogP contribution in [-0.2, 0) is 0 Å². The highest BCUT2D eigenvalue weighted by molar-refractivity contribution is 4.79. The highest BCUT2D eigenvalue weighted by Gasteiger charge is 2.26. The van der Waals surface area contributed by atoms with E-state index in [9.17, 15) is 5.11 Å². The van der Waals surface area contributed by atoms with Gasteiger partial charge in [0, 0.05) is 12.6 Å². The van der Waals surface area contributed by atoms with Gasteiger partial charge in [-0.05, 0) is 32.1 Å². The van der Waals surface area contributed by atoms with E-state index in [1.54, 1.807) is 0 Å².